The van der Waals surface area contributed by atoms with Gasteiger partial charge in [-0.25, -0.2) is 4.57 Å². The van der Waals surface area contributed by atoms with Gasteiger partial charge in [0.2, 0.25) is 0 Å². The van der Waals surface area contributed by atoms with Gasteiger partial charge in [0.15, 0.2) is 0 Å². The molecule has 0 rings (SSSR count). The van der Waals surface area contributed by atoms with Gasteiger partial charge in [-0.3, -0.25) is 18.6 Å². The molecule has 0 aromatic carbocycles. The molecular weight excluding hydrogens is 657 g/mol. The Kier molecular flexibility index (Phi) is 35.2. The maximum absolute atomic E-state index is 12.6. The molecule has 0 aliphatic carbocycles. The van der Waals surface area contributed by atoms with Gasteiger partial charge in [-0.05, 0) is 38.5 Å². The number of phosphoric ester groups is 1. The highest BCUT2D eigenvalue weighted by Crippen LogP contribution is 2.43. The molecule has 0 spiro atoms. The Morgan fingerprint density at radius 3 is 1.54 bits per heavy atom. The second kappa shape index (κ2) is 36.1. The van der Waals surface area contributed by atoms with E-state index in [9.17, 15) is 19.0 Å². The van der Waals surface area contributed by atoms with E-state index in [1.807, 2.05) is 0 Å². The summed E-state index contributed by atoms with van der Waals surface area (Å²) in [5, 5.41) is 8.87. The zero-order chi connectivity index (χ0) is 37.0. The van der Waals surface area contributed by atoms with Crippen LogP contribution in [0.1, 0.15) is 187 Å². The lowest BCUT2D eigenvalue weighted by atomic mass is 10.0. The first-order valence-corrected chi connectivity index (χ1v) is 21.7. The Hall–Kier alpha value is -1.29. The van der Waals surface area contributed by atoms with Crippen molar-refractivity contribution in [2.75, 3.05) is 26.4 Å². The molecule has 0 amide bonds. The number of ether oxygens (including phenoxy) is 2. The third-order valence-electron chi connectivity index (χ3n) is 8.79. The van der Waals surface area contributed by atoms with Crippen LogP contribution in [0.4, 0.5) is 0 Å². The highest BCUT2D eigenvalue weighted by atomic mass is 31.2. The molecule has 10 nitrogen and oxygen atoms in total. The highest BCUT2D eigenvalue weighted by Gasteiger charge is 2.27. The standard InChI is InChI=1S/C39H76NO9P/c1-3-5-7-9-11-13-15-17-19-21-23-25-27-29-31-38(41)49-36(34-47-50(44,45)48-35-37(40)39(42)43)33-46-32-30-28-26-24-22-20-18-16-14-12-10-8-6-4-2/h14,16,36-37H,3-13,15,17-35,40H2,1-2H3,(H,42,43)(H,44,45)/b16-14-. The first-order valence-electron chi connectivity index (χ1n) is 20.2. The van der Waals surface area contributed by atoms with E-state index in [1.54, 1.807) is 0 Å². The van der Waals surface area contributed by atoms with E-state index in [2.05, 4.69) is 26.0 Å². The summed E-state index contributed by atoms with van der Waals surface area (Å²) in [6, 6.07) is -1.47. The predicted octanol–water partition coefficient (Wildman–Crippen LogP) is 10.6. The first-order chi connectivity index (χ1) is 24.2. The molecule has 11 heteroatoms. The zero-order valence-electron chi connectivity index (χ0n) is 32.0. The molecule has 0 aliphatic heterocycles. The molecule has 0 saturated heterocycles. The summed E-state index contributed by atoms with van der Waals surface area (Å²) in [5.74, 6) is -1.77. The quantitative estimate of drug-likeness (QED) is 0.0240. The molecule has 4 N–H and O–H groups in total. The van der Waals surface area contributed by atoms with Crippen molar-refractivity contribution in [3.05, 3.63) is 12.2 Å². The second-order valence-corrected chi connectivity index (χ2v) is 15.2. The molecule has 0 aromatic heterocycles. The van der Waals surface area contributed by atoms with Gasteiger partial charge in [0.25, 0.3) is 0 Å². The number of carbonyl (C=O) groups is 2. The average Bonchev–Trinajstić information content (AvgIpc) is 3.09. The minimum Gasteiger partial charge on any atom is -0.480 e. The fourth-order valence-corrected chi connectivity index (χ4v) is 6.38. The summed E-state index contributed by atoms with van der Waals surface area (Å²) in [4.78, 5) is 33.4. The number of unbranched alkanes of at least 4 members (excludes halogenated alkanes) is 23. The molecule has 0 heterocycles. The lowest BCUT2D eigenvalue weighted by molar-refractivity contribution is -0.154. The van der Waals surface area contributed by atoms with Gasteiger partial charge in [0.1, 0.15) is 12.1 Å². The number of esters is 1. The largest absolute Gasteiger partial charge is 0.480 e. The molecule has 0 bridgehead atoms. The number of phosphoric acid groups is 1. The van der Waals surface area contributed by atoms with E-state index in [-0.39, 0.29) is 13.0 Å². The number of nitrogens with two attached hydrogens (primary N) is 1. The normalized spacial score (nSPS) is 14.2. The van der Waals surface area contributed by atoms with Crippen molar-refractivity contribution >= 4 is 19.8 Å². The first kappa shape index (κ1) is 48.7. The predicted molar refractivity (Wildman–Crippen MR) is 203 cm³/mol. The van der Waals surface area contributed by atoms with Crippen LogP contribution >= 0.6 is 7.82 Å². The van der Waals surface area contributed by atoms with E-state index >= 15 is 0 Å². The van der Waals surface area contributed by atoms with E-state index in [0.29, 0.717) is 6.61 Å². The van der Waals surface area contributed by atoms with Gasteiger partial charge in [0, 0.05) is 13.0 Å². The van der Waals surface area contributed by atoms with Crippen LogP contribution in [0, 0.1) is 0 Å². The van der Waals surface area contributed by atoms with E-state index < -0.39 is 45.1 Å². The number of carboxylic acid groups (broad SMARTS) is 1. The topological polar surface area (TPSA) is 155 Å². The van der Waals surface area contributed by atoms with Gasteiger partial charge in [-0.15, -0.1) is 0 Å². The van der Waals surface area contributed by atoms with Gasteiger partial charge >= 0.3 is 19.8 Å². The van der Waals surface area contributed by atoms with Crippen molar-refractivity contribution in [2.45, 2.75) is 199 Å². The van der Waals surface area contributed by atoms with Crippen molar-refractivity contribution in [1.82, 2.24) is 0 Å². The molecule has 0 radical (unpaired) electrons. The number of aliphatic carboxylic acids is 1. The van der Waals surface area contributed by atoms with E-state index in [1.165, 1.54) is 122 Å². The molecule has 0 aliphatic rings. The fourth-order valence-electron chi connectivity index (χ4n) is 5.60. The summed E-state index contributed by atoms with van der Waals surface area (Å²) in [5.41, 5.74) is 5.34. The van der Waals surface area contributed by atoms with E-state index in [0.717, 1.165) is 44.9 Å². The third-order valence-corrected chi connectivity index (χ3v) is 9.75. The molecule has 50 heavy (non-hydrogen) atoms. The summed E-state index contributed by atoms with van der Waals surface area (Å²) in [6.45, 7) is 3.87. The lowest BCUT2D eigenvalue weighted by Crippen LogP contribution is -2.34. The average molecular weight is 734 g/mol. The molecule has 3 unspecified atom stereocenters. The van der Waals surface area contributed by atoms with Gasteiger partial charge in [-0.2, -0.15) is 0 Å². The monoisotopic (exact) mass is 734 g/mol. The summed E-state index contributed by atoms with van der Waals surface area (Å²) in [6.07, 6.45) is 35.4. The van der Waals surface area contributed by atoms with Gasteiger partial charge < -0.3 is 25.2 Å². The highest BCUT2D eigenvalue weighted by molar-refractivity contribution is 7.47. The molecular formula is C39H76NO9P. The Bertz CT molecular complexity index is 857. The smallest absolute Gasteiger partial charge is 0.472 e. The van der Waals surface area contributed by atoms with Crippen molar-refractivity contribution in [1.29, 1.82) is 0 Å². The van der Waals surface area contributed by atoms with Crippen LogP contribution in [-0.2, 0) is 32.7 Å². The molecule has 296 valence electrons. The van der Waals surface area contributed by atoms with Crippen LogP contribution in [0.25, 0.3) is 0 Å². The van der Waals surface area contributed by atoms with Crippen LogP contribution in [0.5, 0.6) is 0 Å². The fraction of sp³-hybridized carbons (Fsp3) is 0.897. The summed E-state index contributed by atoms with van der Waals surface area (Å²) in [7, 11) is -4.61. The third kappa shape index (κ3) is 35.1. The number of carboxylic acids is 1. The maximum atomic E-state index is 12.6. The molecule has 0 aromatic rings. The van der Waals surface area contributed by atoms with E-state index in [4.69, 9.17) is 29.4 Å². The minimum absolute atomic E-state index is 0.0178. The van der Waals surface area contributed by atoms with Crippen molar-refractivity contribution in [3.8, 4) is 0 Å². The molecule has 3 atom stereocenters. The van der Waals surface area contributed by atoms with Crippen LogP contribution < -0.4 is 5.73 Å². The van der Waals surface area contributed by atoms with Crippen LogP contribution in [0.15, 0.2) is 12.2 Å². The SMILES string of the molecule is CCCCCC/C=C\CCCCCCCCOCC(COP(=O)(O)OCC(N)C(=O)O)OC(=O)CCCCCCCCCCCCCCCC. The molecule has 0 saturated carbocycles. The number of allylic oxidation sites excluding steroid dienone is 2. The molecule has 0 fully saturated rings. The van der Waals surface area contributed by atoms with Crippen molar-refractivity contribution < 1.29 is 42.7 Å². The van der Waals surface area contributed by atoms with Crippen LogP contribution in [-0.4, -0.2) is 60.5 Å². The second-order valence-electron chi connectivity index (χ2n) is 13.8. The van der Waals surface area contributed by atoms with Crippen molar-refractivity contribution in [2.24, 2.45) is 5.73 Å². The number of carbonyl (C=O) groups excluding carboxylic acids is 1. The lowest BCUT2D eigenvalue weighted by Gasteiger charge is -2.20. The van der Waals surface area contributed by atoms with Crippen LogP contribution in [0.2, 0.25) is 0 Å². The summed E-state index contributed by atoms with van der Waals surface area (Å²) < 4.78 is 33.3. The number of hydrogen-bond acceptors (Lipinski definition) is 8. The zero-order valence-corrected chi connectivity index (χ0v) is 32.9. The Morgan fingerprint density at radius 1 is 0.620 bits per heavy atom. The van der Waals surface area contributed by atoms with Gasteiger partial charge in [0.05, 0.1) is 19.8 Å². The minimum atomic E-state index is -4.61. The Balaban J connectivity index is 4.27. The Labute approximate surface area is 305 Å². The van der Waals surface area contributed by atoms with Gasteiger partial charge in [-0.1, -0.05) is 154 Å². The summed E-state index contributed by atoms with van der Waals surface area (Å²) >= 11 is 0. The number of hydrogen-bond donors (Lipinski definition) is 3. The van der Waals surface area contributed by atoms with Crippen molar-refractivity contribution in [3.63, 3.8) is 0 Å². The Morgan fingerprint density at radius 2 is 1.04 bits per heavy atom. The number of rotatable bonds is 39. The van der Waals surface area contributed by atoms with Crippen LogP contribution in [0.3, 0.4) is 0 Å². The maximum Gasteiger partial charge on any atom is 0.472 e.